The maximum absolute atomic E-state index is 14.4. The smallest absolute Gasteiger partial charge is 0.285 e. The fourth-order valence-electron chi connectivity index (χ4n) is 2.75. The average Bonchev–Trinajstić information content (AvgIpc) is 2.88. The molecule has 3 nitrogen and oxygen atoms in total. The third-order valence-electron chi connectivity index (χ3n) is 3.63. The zero-order chi connectivity index (χ0) is 14.4. The van der Waals surface area contributed by atoms with Gasteiger partial charge in [0.2, 0.25) is 0 Å². The van der Waals surface area contributed by atoms with E-state index in [4.69, 9.17) is 0 Å². The Balaban J connectivity index is 2.45. The first-order chi connectivity index (χ1) is 9.54. The van der Waals surface area contributed by atoms with Crippen molar-refractivity contribution in [3.63, 3.8) is 0 Å². The number of nitrogens with one attached hydrogen (secondary N) is 1. The number of aromatic nitrogens is 2. The van der Waals surface area contributed by atoms with Crippen LogP contribution in [0.3, 0.4) is 0 Å². The molecule has 1 N–H and O–H groups in total. The van der Waals surface area contributed by atoms with Gasteiger partial charge in [0.15, 0.2) is 11.5 Å². The third-order valence-corrected chi connectivity index (χ3v) is 4.19. The highest BCUT2D eigenvalue weighted by Crippen LogP contribution is 2.34. The predicted molar refractivity (Wildman–Crippen MR) is 71.9 cm³/mol. The minimum atomic E-state index is -2.97. The highest BCUT2D eigenvalue weighted by molar-refractivity contribution is 9.08. The van der Waals surface area contributed by atoms with Crippen molar-refractivity contribution < 1.29 is 13.2 Å². The molecule has 1 heterocycles. The summed E-state index contributed by atoms with van der Waals surface area (Å²) < 4.78 is 39.9. The molecule has 20 heavy (non-hydrogen) atoms. The Morgan fingerprint density at radius 1 is 1.30 bits per heavy atom. The van der Waals surface area contributed by atoms with E-state index in [9.17, 15) is 18.0 Å². The monoisotopic (exact) mass is 346 g/mol. The normalized spacial score (nSPS) is 14.2. The van der Waals surface area contributed by atoms with Gasteiger partial charge in [0.25, 0.3) is 12.0 Å². The Morgan fingerprint density at radius 2 is 2.00 bits per heavy atom. The van der Waals surface area contributed by atoms with Gasteiger partial charge in [0, 0.05) is 10.9 Å². The molecule has 2 aromatic rings. The van der Waals surface area contributed by atoms with Crippen LogP contribution in [0.25, 0.3) is 11.0 Å². The van der Waals surface area contributed by atoms with Crippen molar-refractivity contribution in [1.82, 2.24) is 9.97 Å². The lowest BCUT2D eigenvalue weighted by Gasteiger charge is -2.12. The summed E-state index contributed by atoms with van der Waals surface area (Å²) in [5, 5.41) is 0.315. The van der Waals surface area contributed by atoms with E-state index in [-0.39, 0.29) is 11.0 Å². The molecule has 0 unspecified atom stereocenters. The number of benzene rings is 1. The third kappa shape index (κ3) is 1.87. The van der Waals surface area contributed by atoms with Crippen molar-refractivity contribution >= 4 is 27.0 Å². The molecule has 1 aliphatic carbocycles. The summed E-state index contributed by atoms with van der Waals surface area (Å²) in [7, 11) is 0. The molecule has 0 saturated carbocycles. The number of hydrogen-bond donors (Lipinski definition) is 1. The van der Waals surface area contributed by atoms with E-state index in [1.165, 1.54) is 0 Å². The van der Waals surface area contributed by atoms with Gasteiger partial charge in [-0.15, -0.1) is 0 Å². The highest BCUT2D eigenvalue weighted by atomic mass is 79.9. The van der Waals surface area contributed by atoms with E-state index in [1.54, 1.807) is 0 Å². The molecule has 0 radical (unpaired) electrons. The number of halogens is 4. The molecule has 0 spiro atoms. The Kier molecular flexibility index (Phi) is 3.32. The molecule has 3 rings (SSSR count). The predicted octanol–water partition coefficient (Wildman–Crippen LogP) is 3.38. The molecule has 0 amide bonds. The molecular formula is C13H10BrF3N2O. The second-order valence-electron chi connectivity index (χ2n) is 4.71. The molecule has 106 valence electrons. The number of aryl methyl sites for hydroxylation is 1. The van der Waals surface area contributed by atoms with Gasteiger partial charge in [0.05, 0.1) is 5.52 Å². The van der Waals surface area contributed by atoms with Crippen LogP contribution in [0.15, 0.2) is 4.79 Å². The van der Waals surface area contributed by atoms with Gasteiger partial charge in [-0.25, -0.2) is 18.2 Å². The first kappa shape index (κ1) is 13.6. The quantitative estimate of drug-likeness (QED) is 0.847. The van der Waals surface area contributed by atoms with E-state index >= 15 is 0 Å². The molecule has 1 aromatic heterocycles. The zero-order valence-corrected chi connectivity index (χ0v) is 11.9. The lowest BCUT2D eigenvalue weighted by molar-refractivity contribution is 0.144. The second kappa shape index (κ2) is 4.87. The topological polar surface area (TPSA) is 45.8 Å². The largest absolute Gasteiger partial charge is 0.316 e. The van der Waals surface area contributed by atoms with Gasteiger partial charge < -0.3 is 4.98 Å². The molecule has 0 saturated heterocycles. The number of nitrogens with zero attached hydrogens (tertiary/aromatic N) is 1. The van der Waals surface area contributed by atoms with Gasteiger partial charge in [-0.05, 0) is 30.4 Å². The van der Waals surface area contributed by atoms with Crippen LogP contribution in [0.1, 0.15) is 35.2 Å². The summed E-state index contributed by atoms with van der Waals surface area (Å²) in [6.45, 7) is 0. The number of aromatic amines is 1. The van der Waals surface area contributed by atoms with Gasteiger partial charge in [-0.1, -0.05) is 15.9 Å². The molecule has 1 aliphatic rings. The summed E-state index contributed by atoms with van der Waals surface area (Å²) in [4.78, 5) is 17.5. The van der Waals surface area contributed by atoms with E-state index in [1.807, 2.05) is 0 Å². The lowest BCUT2D eigenvalue weighted by Crippen LogP contribution is -2.17. The summed E-state index contributed by atoms with van der Waals surface area (Å²) in [5.41, 5.74) is 0.277. The Bertz CT molecular complexity index is 758. The van der Waals surface area contributed by atoms with Crippen molar-refractivity contribution in [3.8, 4) is 0 Å². The minimum Gasteiger partial charge on any atom is -0.316 e. The Labute approximate surface area is 120 Å². The average molecular weight is 347 g/mol. The summed E-state index contributed by atoms with van der Waals surface area (Å²) in [5.74, 6) is -0.581. The molecule has 1 aromatic carbocycles. The van der Waals surface area contributed by atoms with E-state index in [0.29, 0.717) is 23.7 Å². The van der Waals surface area contributed by atoms with Crippen LogP contribution in [0.2, 0.25) is 0 Å². The first-order valence-corrected chi connectivity index (χ1v) is 7.26. The number of rotatable bonds is 2. The van der Waals surface area contributed by atoms with Crippen molar-refractivity contribution in [2.75, 3.05) is 0 Å². The maximum atomic E-state index is 14.4. The summed E-state index contributed by atoms with van der Waals surface area (Å²) in [6, 6.07) is 0. The van der Waals surface area contributed by atoms with Crippen LogP contribution in [0.4, 0.5) is 13.2 Å². The van der Waals surface area contributed by atoms with Crippen LogP contribution in [-0.4, -0.2) is 9.97 Å². The summed E-state index contributed by atoms with van der Waals surface area (Å²) >= 11 is 3.23. The fourth-order valence-corrected chi connectivity index (χ4v) is 3.33. The number of fused-ring (bicyclic) bond motifs is 3. The van der Waals surface area contributed by atoms with Crippen molar-refractivity contribution in [3.05, 3.63) is 38.6 Å². The maximum Gasteiger partial charge on any atom is 0.285 e. The number of alkyl halides is 3. The standard InChI is InChI=1S/C13H10BrF3N2O/c14-4-7-5-2-1-3-6(5)9-10(8(7)15)19-13(20)11(18-9)12(16)17/h12H,1-4H2,(H,19,20). The summed E-state index contributed by atoms with van der Waals surface area (Å²) in [6.07, 6.45) is -0.778. The van der Waals surface area contributed by atoms with Gasteiger partial charge in [-0.3, -0.25) is 4.79 Å². The molecule has 0 aliphatic heterocycles. The van der Waals surface area contributed by atoms with Crippen LogP contribution in [0, 0.1) is 5.82 Å². The van der Waals surface area contributed by atoms with Crippen LogP contribution in [0.5, 0.6) is 0 Å². The first-order valence-electron chi connectivity index (χ1n) is 6.14. The molecule has 0 fully saturated rings. The SMILES string of the molecule is O=c1[nH]c2c(F)c(CBr)c3c(c2nc1C(F)F)CCC3. The molecular weight excluding hydrogens is 337 g/mol. The van der Waals surface area contributed by atoms with Gasteiger partial charge >= 0.3 is 0 Å². The molecule has 0 bridgehead atoms. The highest BCUT2D eigenvalue weighted by Gasteiger charge is 2.26. The minimum absolute atomic E-state index is 0.0745. The Hall–Kier alpha value is -1.37. The molecule has 0 atom stereocenters. The van der Waals surface area contributed by atoms with Crippen molar-refractivity contribution in [2.24, 2.45) is 0 Å². The number of hydrogen-bond acceptors (Lipinski definition) is 2. The fraction of sp³-hybridized carbons (Fsp3) is 0.385. The molecule has 7 heteroatoms. The second-order valence-corrected chi connectivity index (χ2v) is 5.27. The van der Waals surface area contributed by atoms with Crippen molar-refractivity contribution in [2.45, 2.75) is 31.0 Å². The zero-order valence-electron chi connectivity index (χ0n) is 10.3. The van der Waals surface area contributed by atoms with Crippen LogP contribution >= 0.6 is 15.9 Å². The van der Waals surface area contributed by atoms with Gasteiger partial charge in [-0.2, -0.15) is 0 Å². The van der Waals surface area contributed by atoms with E-state index < -0.39 is 23.5 Å². The Morgan fingerprint density at radius 3 is 2.65 bits per heavy atom. The van der Waals surface area contributed by atoms with Crippen LogP contribution < -0.4 is 5.56 Å². The number of H-pyrrole nitrogens is 1. The van der Waals surface area contributed by atoms with E-state index in [0.717, 1.165) is 17.5 Å². The van der Waals surface area contributed by atoms with Gasteiger partial charge in [0.1, 0.15) is 5.52 Å². The van der Waals surface area contributed by atoms with Crippen molar-refractivity contribution in [1.29, 1.82) is 0 Å². The lowest BCUT2D eigenvalue weighted by atomic mass is 10.0. The van der Waals surface area contributed by atoms with Crippen LogP contribution in [-0.2, 0) is 18.2 Å². The van der Waals surface area contributed by atoms with E-state index in [2.05, 4.69) is 25.9 Å².